The Balaban J connectivity index is 1.05. The first-order chi connectivity index (χ1) is 52.8. The number of nitrogens with one attached hydrogen (secondary N) is 15. The molecule has 0 radical (unpaired) electrons. The molecule has 110 heavy (non-hydrogen) atoms. The maximum absolute atomic E-state index is 14.6. The van der Waals surface area contributed by atoms with E-state index in [0.717, 1.165) is 11.1 Å². The summed E-state index contributed by atoms with van der Waals surface area (Å²) in [7, 11) is 0. The number of unbranched alkanes of at least 4 members (excludes halogenated alkanes) is 2. The number of rotatable bonds is 36. The van der Waals surface area contributed by atoms with E-state index in [9.17, 15) is 76.9 Å². The van der Waals surface area contributed by atoms with Crippen molar-refractivity contribution in [2.24, 2.45) is 11.5 Å². The number of amides is 11. The Labute approximate surface area is 629 Å². The number of aromatic nitrogens is 9. The fourth-order valence-electron chi connectivity index (χ4n) is 11.9. The number of aliphatic carboxylic acids is 2. The molecule has 2 aromatic carbocycles. The standard InChI is InChI=1S/C68H95FN26O15/c69-25-11-18-42-36-93(90-87-42)39-57(99)80-45(60(104)75-27-10-8-22-53-66(110)84-44(20-13-29-77-68(72)73)62(106)79-35-56(98)82-49(33-59(102)103)64(108)86-47(51-38-95(53)92-89-51)31-41-16-5-2-6-17-41)23-24-54(96)74-26-9-7-21-52-65(109)83-43(19-12-28-76-67(70)71)61(105)78-34-55(97)81-48(32-58(100)101)63(107)85-46(50-37-94(52)91-88-50)30-40-14-3-1-4-15-40/h1-6,14-17,36-38,43-49,52-53H,7-13,18-35,39H2,(H,74,96)(H,75,104)(H,78,105)(H,79,106)(H,80,99)(H,81,97)(H,82,98)(H,83,109)(H,84,110)(H,85,107)(H,86,108)(H,100,101)(H,102,103)(H4,70,71,76)(H4,72,73,77)/t43-,44-,45-,46-,47-,48-,49-,52-,53-/m0/s1. The van der Waals surface area contributed by atoms with Crippen molar-refractivity contribution in [3.8, 4) is 0 Å². The number of aryl methyl sites for hydroxylation is 1. The highest BCUT2D eigenvalue weighted by Gasteiger charge is 2.35. The predicted molar refractivity (Wildman–Crippen MR) is 386 cm³/mol. The van der Waals surface area contributed by atoms with Crippen LogP contribution in [0.3, 0.4) is 0 Å². The Bertz CT molecular complexity index is 3990. The first kappa shape index (κ1) is 84.7. The molecule has 2 aliphatic heterocycles. The molecule has 0 unspecified atom stereocenters. The van der Waals surface area contributed by atoms with Gasteiger partial charge in [0, 0.05) is 38.8 Å². The van der Waals surface area contributed by atoms with Crippen LogP contribution in [-0.2, 0) is 88.1 Å². The van der Waals surface area contributed by atoms with Crippen LogP contribution in [-0.4, -0.2) is 220 Å². The van der Waals surface area contributed by atoms with Gasteiger partial charge in [-0.05, 0) is 107 Å². The fourth-order valence-corrected chi connectivity index (χ4v) is 11.9. The van der Waals surface area contributed by atoms with Crippen molar-refractivity contribution in [2.45, 2.75) is 176 Å². The van der Waals surface area contributed by atoms with Gasteiger partial charge in [-0.15, -0.1) is 15.3 Å². The van der Waals surface area contributed by atoms with E-state index in [4.69, 9.17) is 22.3 Å². The molecule has 0 saturated heterocycles. The van der Waals surface area contributed by atoms with Crippen molar-refractivity contribution >= 4 is 88.8 Å². The zero-order valence-corrected chi connectivity index (χ0v) is 60.3. The molecule has 0 aliphatic carbocycles. The molecule has 2 aliphatic rings. The lowest BCUT2D eigenvalue weighted by atomic mass is 10.0. The number of alkyl halides is 1. The molecule has 5 heterocycles. The number of nitrogens with two attached hydrogens (primary N) is 2. The number of nitrogens with zero attached hydrogens (tertiary/aromatic N) is 9. The van der Waals surface area contributed by atoms with Gasteiger partial charge in [-0.3, -0.25) is 77.5 Å². The van der Waals surface area contributed by atoms with Gasteiger partial charge in [0.1, 0.15) is 60.2 Å². The number of carbonyl (C=O) groups is 13. The lowest BCUT2D eigenvalue weighted by molar-refractivity contribution is -0.141. The van der Waals surface area contributed by atoms with Crippen LogP contribution in [0.4, 0.5) is 4.39 Å². The highest BCUT2D eigenvalue weighted by atomic mass is 19.1. The van der Waals surface area contributed by atoms with Gasteiger partial charge in [0.25, 0.3) is 0 Å². The molecule has 5 aromatic rings. The third-order valence-electron chi connectivity index (χ3n) is 17.6. The summed E-state index contributed by atoms with van der Waals surface area (Å²) in [5.74, 6) is -12.1. The number of hydrogen-bond donors (Lipinski definition) is 19. The summed E-state index contributed by atoms with van der Waals surface area (Å²) in [6, 6.07) is 6.26. The Morgan fingerprint density at radius 1 is 0.509 bits per heavy atom. The first-order valence-corrected chi connectivity index (χ1v) is 36.0. The fraction of sp³-hybridized carbons (Fsp3) is 0.515. The molecule has 594 valence electrons. The van der Waals surface area contributed by atoms with Crippen LogP contribution < -0.4 is 80.6 Å². The molecule has 0 spiro atoms. The smallest absolute Gasteiger partial charge is 0.305 e. The molecule has 0 saturated carbocycles. The molecular formula is C68H95FN26O15. The summed E-state index contributed by atoms with van der Waals surface area (Å²) < 4.78 is 16.7. The van der Waals surface area contributed by atoms with Gasteiger partial charge >= 0.3 is 11.9 Å². The van der Waals surface area contributed by atoms with E-state index in [1.165, 1.54) is 32.6 Å². The summed E-state index contributed by atoms with van der Waals surface area (Å²) in [6.07, 6.45) is 3.91. The molecule has 41 nitrogen and oxygen atoms in total. The number of fused-ring (bicyclic) bond motifs is 4. The van der Waals surface area contributed by atoms with Crippen molar-refractivity contribution in [1.82, 2.24) is 114 Å². The third kappa shape index (κ3) is 29.0. The summed E-state index contributed by atoms with van der Waals surface area (Å²) in [4.78, 5) is 176. The summed E-state index contributed by atoms with van der Waals surface area (Å²) in [5.41, 5.74) is 13.1. The van der Waals surface area contributed by atoms with Crippen LogP contribution in [0.15, 0.2) is 79.3 Å². The SMILES string of the molecule is N=C(N)NCCC[C@@H]1NC(=O)[C@H](CCCCNC(=O)CC[C@H](NC(=O)Cn2cc(CCCF)nn2)C(=O)NCCCC[C@H]2C(=O)N[C@@H](CCCNC(=N)N)C(=O)NCC(=O)N[C@@H](CC(=O)O)C(=O)N[C@@H](Cc3ccccc3)c3cn2nn3)n2cc(nn2)[C@H](Cc2ccccc2)NC(=O)[C@H](CC(=O)O)NC(=O)CNC1=O. The third-order valence-corrected chi connectivity index (χ3v) is 17.6. The normalized spacial score (nSPS) is 19.8. The van der Waals surface area contributed by atoms with Gasteiger partial charge in [0.2, 0.25) is 65.0 Å². The van der Waals surface area contributed by atoms with Crippen molar-refractivity contribution in [1.29, 1.82) is 10.8 Å². The van der Waals surface area contributed by atoms with Crippen molar-refractivity contribution in [3.05, 3.63) is 107 Å². The Morgan fingerprint density at radius 3 is 1.42 bits per heavy atom. The van der Waals surface area contributed by atoms with Crippen LogP contribution in [0, 0.1) is 10.8 Å². The zero-order valence-electron chi connectivity index (χ0n) is 60.3. The second-order valence-corrected chi connectivity index (χ2v) is 26.2. The van der Waals surface area contributed by atoms with Crippen LogP contribution in [0.2, 0.25) is 0 Å². The van der Waals surface area contributed by atoms with Gasteiger partial charge in [-0.1, -0.05) is 76.3 Å². The number of guanidine groups is 2. The van der Waals surface area contributed by atoms with E-state index in [0.29, 0.717) is 5.69 Å². The quantitative estimate of drug-likeness (QED) is 0.0104. The molecule has 3 aromatic heterocycles. The average Bonchev–Trinajstić information content (AvgIpc) is 1.68. The molecule has 4 bridgehead atoms. The lowest BCUT2D eigenvalue weighted by Crippen LogP contribution is -2.53. The average molecular weight is 1540 g/mol. The minimum Gasteiger partial charge on any atom is -0.481 e. The summed E-state index contributed by atoms with van der Waals surface area (Å²) in [6.45, 7) is -2.21. The van der Waals surface area contributed by atoms with Gasteiger partial charge < -0.3 is 90.8 Å². The predicted octanol–water partition coefficient (Wildman–Crippen LogP) is -3.84. The van der Waals surface area contributed by atoms with Gasteiger partial charge in [-0.2, -0.15) is 0 Å². The number of halogens is 1. The van der Waals surface area contributed by atoms with E-state index >= 15 is 0 Å². The molecule has 21 N–H and O–H groups in total. The Morgan fingerprint density at radius 2 is 0.964 bits per heavy atom. The summed E-state index contributed by atoms with van der Waals surface area (Å²) in [5, 5.41) is 93.9. The number of benzene rings is 2. The zero-order chi connectivity index (χ0) is 79.5. The minimum absolute atomic E-state index is 0.0103. The van der Waals surface area contributed by atoms with E-state index in [2.05, 4.69) is 100 Å². The number of carbonyl (C=O) groups excluding carboxylic acids is 11. The number of carboxylic acids is 2. The van der Waals surface area contributed by atoms with E-state index < -0.39 is 170 Å². The second kappa shape index (κ2) is 43.9. The molecule has 42 heteroatoms. The summed E-state index contributed by atoms with van der Waals surface area (Å²) >= 11 is 0. The first-order valence-electron chi connectivity index (χ1n) is 36.0. The monoisotopic (exact) mass is 1530 g/mol. The number of hydrogen-bond acceptors (Lipinski definition) is 21. The molecule has 0 fully saturated rings. The minimum atomic E-state index is -1.60. The lowest BCUT2D eigenvalue weighted by Gasteiger charge is -2.24. The van der Waals surface area contributed by atoms with Crippen molar-refractivity contribution in [2.75, 3.05) is 45.9 Å². The maximum Gasteiger partial charge on any atom is 0.305 e. The molecule has 9 atom stereocenters. The Hall–Kier alpha value is -12.6. The van der Waals surface area contributed by atoms with Crippen LogP contribution in [0.5, 0.6) is 0 Å². The second-order valence-electron chi connectivity index (χ2n) is 26.2. The van der Waals surface area contributed by atoms with E-state index in [1.807, 2.05) is 0 Å². The van der Waals surface area contributed by atoms with E-state index in [-0.39, 0.29) is 152 Å². The highest BCUT2D eigenvalue weighted by Crippen LogP contribution is 2.24. The van der Waals surface area contributed by atoms with Gasteiger partial charge in [0.05, 0.1) is 62.8 Å². The van der Waals surface area contributed by atoms with Gasteiger partial charge in [-0.25, -0.2) is 14.0 Å². The maximum atomic E-state index is 14.6. The molecular weight excluding hydrogens is 1440 g/mol. The van der Waals surface area contributed by atoms with E-state index in [1.54, 1.807) is 60.7 Å². The number of carboxylic acid groups (broad SMARTS) is 2. The van der Waals surface area contributed by atoms with Gasteiger partial charge in [0.15, 0.2) is 11.9 Å². The topological polar surface area (TPSA) is 611 Å². The van der Waals surface area contributed by atoms with Crippen LogP contribution in [0.1, 0.15) is 149 Å². The van der Waals surface area contributed by atoms with Crippen molar-refractivity contribution < 1.29 is 76.9 Å². The van der Waals surface area contributed by atoms with Crippen molar-refractivity contribution in [3.63, 3.8) is 0 Å². The largest absolute Gasteiger partial charge is 0.481 e. The van der Waals surface area contributed by atoms with Crippen LogP contribution >= 0.6 is 0 Å². The highest BCUT2D eigenvalue weighted by molar-refractivity contribution is 5.96. The molecule has 11 amide bonds. The van der Waals surface area contributed by atoms with Crippen LogP contribution in [0.25, 0.3) is 0 Å². The molecule has 7 rings (SSSR count). The Kier molecular flexibility index (Phi) is 33.8.